The maximum atomic E-state index is 5.59. The number of nitrogens with two attached hydrogens (primary N) is 1. The van der Waals surface area contributed by atoms with Gasteiger partial charge in [0.25, 0.3) is 0 Å². The Labute approximate surface area is 102 Å². The Hall–Kier alpha value is -1.81. The van der Waals surface area contributed by atoms with Gasteiger partial charge in [-0.3, -0.25) is 0 Å². The van der Waals surface area contributed by atoms with Crippen molar-refractivity contribution in [2.24, 2.45) is 5.73 Å². The summed E-state index contributed by atoms with van der Waals surface area (Å²) in [6.07, 6.45) is 3.81. The van der Waals surface area contributed by atoms with E-state index in [-0.39, 0.29) is 0 Å². The van der Waals surface area contributed by atoms with E-state index in [4.69, 9.17) is 5.73 Å². The van der Waals surface area contributed by atoms with Crippen LogP contribution in [0.3, 0.4) is 0 Å². The smallest absolute Gasteiger partial charge is 0.209 e. The highest BCUT2D eigenvalue weighted by molar-refractivity contribution is 5.57. The van der Waals surface area contributed by atoms with Gasteiger partial charge in [-0.25, -0.2) is 4.98 Å². The second kappa shape index (κ2) is 5.01. The Balaban J connectivity index is 2.27. The minimum Gasteiger partial charge on any atom is -0.326 e. The highest BCUT2D eigenvalue weighted by atomic mass is 15.3. The normalized spacial score (nSPS) is 10.5. The number of hydrogen-bond donors (Lipinski definition) is 1. The molecule has 0 radical (unpaired) electrons. The van der Waals surface area contributed by atoms with E-state index in [1.54, 1.807) is 0 Å². The van der Waals surface area contributed by atoms with Gasteiger partial charge in [0, 0.05) is 38.2 Å². The lowest BCUT2D eigenvalue weighted by molar-refractivity contribution is 0.754. The predicted molar refractivity (Wildman–Crippen MR) is 70.3 cm³/mol. The fourth-order valence-corrected chi connectivity index (χ4v) is 1.82. The van der Waals surface area contributed by atoms with Gasteiger partial charge in [0.1, 0.15) is 0 Å². The second-order valence-corrected chi connectivity index (χ2v) is 3.94. The van der Waals surface area contributed by atoms with Crippen LogP contribution in [0.4, 0.5) is 11.6 Å². The van der Waals surface area contributed by atoms with E-state index in [0.29, 0.717) is 6.54 Å². The Kier molecular flexibility index (Phi) is 3.44. The molecule has 0 fully saturated rings. The van der Waals surface area contributed by atoms with Crippen molar-refractivity contribution >= 4 is 11.6 Å². The van der Waals surface area contributed by atoms with E-state index in [1.807, 2.05) is 31.6 Å². The standard InChI is InChI=1S/C13H18N4/c1-3-17-9-8-15-13(17)16(2)12-6-4-11(10-14)5-7-12/h4-9H,3,10,14H2,1-2H3. The highest BCUT2D eigenvalue weighted by Crippen LogP contribution is 2.22. The number of hydrogen-bond acceptors (Lipinski definition) is 3. The Bertz CT molecular complexity index is 472. The SMILES string of the molecule is CCn1ccnc1N(C)c1ccc(CN)cc1. The van der Waals surface area contributed by atoms with Crippen LogP contribution < -0.4 is 10.6 Å². The number of aromatic nitrogens is 2. The summed E-state index contributed by atoms with van der Waals surface area (Å²) in [6, 6.07) is 8.23. The first-order valence-electron chi connectivity index (χ1n) is 5.80. The first-order valence-corrected chi connectivity index (χ1v) is 5.80. The summed E-state index contributed by atoms with van der Waals surface area (Å²) in [5.74, 6) is 0.952. The van der Waals surface area contributed by atoms with Crippen molar-refractivity contribution in [3.63, 3.8) is 0 Å². The summed E-state index contributed by atoms with van der Waals surface area (Å²) in [5, 5.41) is 0. The molecule has 0 unspecified atom stereocenters. The molecule has 1 aromatic carbocycles. The van der Waals surface area contributed by atoms with E-state index in [0.717, 1.165) is 23.7 Å². The molecule has 1 heterocycles. The molecule has 0 aliphatic rings. The van der Waals surface area contributed by atoms with Crippen LogP contribution in [0.1, 0.15) is 12.5 Å². The van der Waals surface area contributed by atoms with Gasteiger partial charge < -0.3 is 15.2 Å². The van der Waals surface area contributed by atoms with Crippen LogP contribution in [-0.2, 0) is 13.1 Å². The van der Waals surface area contributed by atoms with Crippen molar-refractivity contribution in [2.75, 3.05) is 11.9 Å². The van der Waals surface area contributed by atoms with Gasteiger partial charge in [0.05, 0.1) is 0 Å². The van der Waals surface area contributed by atoms with Crippen molar-refractivity contribution in [1.29, 1.82) is 0 Å². The Morgan fingerprint density at radius 3 is 2.59 bits per heavy atom. The zero-order valence-corrected chi connectivity index (χ0v) is 10.3. The molecule has 4 heteroatoms. The zero-order chi connectivity index (χ0) is 12.3. The summed E-state index contributed by atoms with van der Waals surface area (Å²) >= 11 is 0. The van der Waals surface area contributed by atoms with Crippen molar-refractivity contribution in [3.05, 3.63) is 42.2 Å². The second-order valence-electron chi connectivity index (χ2n) is 3.94. The molecule has 0 saturated carbocycles. The van der Waals surface area contributed by atoms with Crippen molar-refractivity contribution < 1.29 is 0 Å². The minimum absolute atomic E-state index is 0.577. The van der Waals surface area contributed by atoms with Gasteiger partial charge in [-0.2, -0.15) is 0 Å². The molecule has 1 aromatic heterocycles. The van der Waals surface area contributed by atoms with Gasteiger partial charge in [-0.15, -0.1) is 0 Å². The third kappa shape index (κ3) is 2.31. The molecular formula is C13H18N4. The van der Waals surface area contributed by atoms with Gasteiger partial charge in [-0.1, -0.05) is 12.1 Å². The van der Waals surface area contributed by atoms with E-state index in [9.17, 15) is 0 Å². The van der Waals surface area contributed by atoms with Gasteiger partial charge in [-0.05, 0) is 24.6 Å². The summed E-state index contributed by atoms with van der Waals surface area (Å²) in [7, 11) is 2.02. The molecule has 0 amide bonds. The van der Waals surface area contributed by atoms with Crippen LogP contribution >= 0.6 is 0 Å². The van der Waals surface area contributed by atoms with E-state index in [2.05, 4.69) is 33.5 Å². The number of imidazole rings is 1. The quantitative estimate of drug-likeness (QED) is 0.875. The lowest BCUT2D eigenvalue weighted by atomic mass is 10.2. The third-order valence-corrected chi connectivity index (χ3v) is 2.89. The van der Waals surface area contributed by atoms with Crippen molar-refractivity contribution in [3.8, 4) is 0 Å². The van der Waals surface area contributed by atoms with Gasteiger partial charge >= 0.3 is 0 Å². The van der Waals surface area contributed by atoms with Gasteiger partial charge in [0.15, 0.2) is 0 Å². The van der Waals surface area contributed by atoms with Crippen LogP contribution in [0.15, 0.2) is 36.7 Å². The maximum absolute atomic E-state index is 5.59. The fraction of sp³-hybridized carbons (Fsp3) is 0.308. The first kappa shape index (κ1) is 11.7. The molecule has 0 bridgehead atoms. The fourth-order valence-electron chi connectivity index (χ4n) is 1.82. The molecule has 2 aromatic rings. The molecule has 2 rings (SSSR count). The minimum atomic E-state index is 0.577. The van der Waals surface area contributed by atoms with Crippen LogP contribution in [0, 0.1) is 0 Å². The summed E-state index contributed by atoms with van der Waals surface area (Å²) in [5.41, 5.74) is 7.84. The molecular weight excluding hydrogens is 212 g/mol. The summed E-state index contributed by atoms with van der Waals surface area (Å²) in [6.45, 7) is 3.60. The van der Waals surface area contributed by atoms with Crippen LogP contribution in [0.5, 0.6) is 0 Å². The van der Waals surface area contributed by atoms with Crippen LogP contribution in [-0.4, -0.2) is 16.6 Å². The Morgan fingerprint density at radius 2 is 2.00 bits per heavy atom. The monoisotopic (exact) mass is 230 g/mol. The number of aryl methyl sites for hydroxylation is 1. The van der Waals surface area contributed by atoms with E-state index < -0.39 is 0 Å². The molecule has 4 nitrogen and oxygen atoms in total. The highest BCUT2D eigenvalue weighted by Gasteiger charge is 2.08. The molecule has 2 N–H and O–H groups in total. The molecule has 0 aliphatic carbocycles. The van der Waals surface area contributed by atoms with E-state index in [1.165, 1.54) is 0 Å². The largest absolute Gasteiger partial charge is 0.326 e. The first-order chi connectivity index (χ1) is 8.26. The number of rotatable bonds is 4. The topological polar surface area (TPSA) is 47.1 Å². The zero-order valence-electron chi connectivity index (χ0n) is 10.3. The maximum Gasteiger partial charge on any atom is 0.209 e. The molecule has 0 aliphatic heterocycles. The average Bonchev–Trinajstić information content (AvgIpc) is 2.86. The molecule has 0 saturated heterocycles. The van der Waals surface area contributed by atoms with Crippen LogP contribution in [0.25, 0.3) is 0 Å². The molecule has 0 atom stereocenters. The number of anilines is 2. The molecule has 17 heavy (non-hydrogen) atoms. The average molecular weight is 230 g/mol. The predicted octanol–water partition coefficient (Wildman–Crippen LogP) is 2.13. The summed E-state index contributed by atoms with van der Waals surface area (Å²) in [4.78, 5) is 6.44. The van der Waals surface area contributed by atoms with Crippen molar-refractivity contribution in [2.45, 2.75) is 20.0 Å². The third-order valence-electron chi connectivity index (χ3n) is 2.89. The number of benzene rings is 1. The lowest BCUT2D eigenvalue weighted by Gasteiger charge is -2.19. The Morgan fingerprint density at radius 1 is 1.29 bits per heavy atom. The lowest BCUT2D eigenvalue weighted by Crippen LogP contribution is -2.15. The van der Waals surface area contributed by atoms with E-state index >= 15 is 0 Å². The van der Waals surface area contributed by atoms with Crippen LogP contribution in [0.2, 0.25) is 0 Å². The molecule has 90 valence electrons. The number of nitrogens with zero attached hydrogens (tertiary/aromatic N) is 3. The summed E-state index contributed by atoms with van der Waals surface area (Å²) < 4.78 is 2.11. The van der Waals surface area contributed by atoms with Gasteiger partial charge in [0.2, 0.25) is 5.95 Å². The van der Waals surface area contributed by atoms with Crippen molar-refractivity contribution in [1.82, 2.24) is 9.55 Å². The molecule has 0 spiro atoms.